The van der Waals surface area contributed by atoms with Crippen LogP contribution in [0.5, 0.6) is 11.5 Å². The standard InChI is InChI=1S/C32H25N3O8/c1-19-9-6-7-14-24(19)33-30(36)27-28(34(43-29(27)31(33)37)22-12-8-13-23(18-22)35(39)40)21-15-16-25(26(17-21)41-2)42-32(38)20-10-4-3-5-11-20/h3-18,27-29H,1-2H3. The summed E-state index contributed by atoms with van der Waals surface area (Å²) in [5, 5.41) is 12.9. The van der Waals surface area contributed by atoms with Crippen LogP contribution in [0.4, 0.5) is 17.1 Å². The van der Waals surface area contributed by atoms with Crippen molar-refractivity contribution in [1.82, 2.24) is 0 Å². The molecule has 0 saturated carbocycles. The van der Waals surface area contributed by atoms with Crippen LogP contribution in [-0.4, -0.2) is 35.9 Å². The summed E-state index contributed by atoms with van der Waals surface area (Å²) in [4.78, 5) is 58.7. The number of nitrogens with zero attached hydrogens (tertiary/aromatic N) is 3. The van der Waals surface area contributed by atoms with E-state index in [1.54, 1.807) is 73.7 Å². The molecule has 4 aromatic carbocycles. The van der Waals surface area contributed by atoms with E-state index < -0.39 is 40.8 Å². The first-order valence-electron chi connectivity index (χ1n) is 13.4. The summed E-state index contributed by atoms with van der Waals surface area (Å²) in [5.41, 5.74) is 2.15. The van der Waals surface area contributed by atoms with E-state index in [0.717, 1.165) is 10.5 Å². The molecule has 0 aromatic heterocycles. The molecular formula is C32H25N3O8. The first-order valence-corrected chi connectivity index (χ1v) is 13.4. The van der Waals surface area contributed by atoms with Crippen LogP contribution in [-0.2, 0) is 14.4 Å². The molecule has 2 saturated heterocycles. The van der Waals surface area contributed by atoms with Crippen molar-refractivity contribution in [3.8, 4) is 11.5 Å². The fourth-order valence-electron chi connectivity index (χ4n) is 5.46. The number of nitro groups is 1. The number of hydrogen-bond acceptors (Lipinski definition) is 9. The Morgan fingerprint density at radius 1 is 0.884 bits per heavy atom. The summed E-state index contributed by atoms with van der Waals surface area (Å²) in [7, 11) is 1.41. The largest absolute Gasteiger partial charge is 0.493 e. The van der Waals surface area contributed by atoms with Crippen molar-refractivity contribution in [2.75, 3.05) is 17.1 Å². The van der Waals surface area contributed by atoms with Crippen molar-refractivity contribution in [2.45, 2.75) is 19.1 Å². The molecule has 11 nitrogen and oxygen atoms in total. The van der Waals surface area contributed by atoms with E-state index in [2.05, 4.69) is 0 Å². The minimum absolute atomic E-state index is 0.146. The van der Waals surface area contributed by atoms with Crippen LogP contribution in [0.3, 0.4) is 0 Å². The van der Waals surface area contributed by atoms with Gasteiger partial charge in [-0.15, -0.1) is 0 Å². The molecule has 6 rings (SSSR count). The lowest BCUT2D eigenvalue weighted by Gasteiger charge is -2.29. The van der Waals surface area contributed by atoms with Gasteiger partial charge in [-0.05, 0) is 54.4 Å². The molecular weight excluding hydrogens is 554 g/mol. The zero-order valence-corrected chi connectivity index (χ0v) is 23.1. The van der Waals surface area contributed by atoms with Gasteiger partial charge in [-0.1, -0.05) is 48.5 Å². The molecule has 0 aliphatic carbocycles. The summed E-state index contributed by atoms with van der Waals surface area (Å²) in [6, 6.07) is 25.2. The molecule has 0 radical (unpaired) electrons. The van der Waals surface area contributed by atoms with Gasteiger partial charge in [0.2, 0.25) is 5.91 Å². The first-order chi connectivity index (χ1) is 20.8. The molecule has 2 amide bonds. The number of esters is 1. The minimum Gasteiger partial charge on any atom is -0.493 e. The van der Waals surface area contributed by atoms with Crippen LogP contribution in [0, 0.1) is 23.0 Å². The van der Waals surface area contributed by atoms with Gasteiger partial charge in [-0.2, -0.15) is 0 Å². The molecule has 2 fully saturated rings. The molecule has 0 spiro atoms. The number of ether oxygens (including phenoxy) is 2. The molecule has 3 unspecified atom stereocenters. The Hall–Kier alpha value is -5.55. The number of benzene rings is 4. The van der Waals surface area contributed by atoms with Crippen LogP contribution in [0.2, 0.25) is 0 Å². The molecule has 11 heteroatoms. The predicted molar refractivity (Wildman–Crippen MR) is 155 cm³/mol. The fourth-order valence-corrected chi connectivity index (χ4v) is 5.46. The number of hydrogen-bond donors (Lipinski definition) is 0. The van der Waals surface area contributed by atoms with Gasteiger partial charge in [-0.3, -0.25) is 24.5 Å². The highest BCUT2D eigenvalue weighted by molar-refractivity contribution is 6.24. The maximum absolute atomic E-state index is 14.0. The van der Waals surface area contributed by atoms with E-state index in [-0.39, 0.29) is 22.9 Å². The number of hydroxylamine groups is 1. The molecule has 2 heterocycles. The third-order valence-corrected chi connectivity index (χ3v) is 7.51. The normalized spacial score (nSPS) is 19.3. The lowest BCUT2D eigenvalue weighted by Crippen LogP contribution is -2.37. The number of fused-ring (bicyclic) bond motifs is 1. The second-order valence-electron chi connectivity index (χ2n) is 10.1. The van der Waals surface area contributed by atoms with Crippen molar-refractivity contribution in [3.05, 3.63) is 124 Å². The average molecular weight is 580 g/mol. The Morgan fingerprint density at radius 3 is 2.35 bits per heavy atom. The number of aryl methyl sites for hydroxylation is 1. The van der Waals surface area contributed by atoms with Crippen LogP contribution >= 0.6 is 0 Å². The molecule has 2 aliphatic rings. The van der Waals surface area contributed by atoms with Gasteiger partial charge in [-0.25, -0.2) is 14.8 Å². The SMILES string of the molecule is COc1cc(C2C3C(=O)N(c4ccccc4C)C(=O)C3ON2c2cccc([N+](=O)[O-])c2)ccc1OC(=O)c1ccccc1. The number of imide groups is 1. The molecule has 3 atom stereocenters. The van der Waals surface area contributed by atoms with E-state index in [0.29, 0.717) is 16.8 Å². The zero-order valence-electron chi connectivity index (χ0n) is 23.1. The maximum atomic E-state index is 14.0. The summed E-state index contributed by atoms with van der Waals surface area (Å²) in [6.45, 7) is 1.80. The predicted octanol–water partition coefficient (Wildman–Crippen LogP) is 5.18. The second-order valence-corrected chi connectivity index (χ2v) is 10.1. The van der Waals surface area contributed by atoms with Crippen molar-refractivity contribution >= 4 is 34.8 Å². The summed E-state index contributed by atoms with van der Waals surface area (Å²) >= 11 is 0. The highest BCUT2D eigenvalue weighted by Crippen LogP contribution is 2.49. The second kappa shape index (κ2) is 11.0. The van der Waals surface area contributed by atoms with E-state index in [9.17, 15) is 24.5 Å². The Kier molecular flexibility index (Phi) is 7.08. The maximum Gasteiger partial charge on any atom is 0.343 e. The monoisotopic (exact) mass is 579 g/mol. The minimum atomic E-state index is -1.18. The Morgan fingerprint density at radius 2 is 1.63 bits per heavy atom. The van der Waals surface area contributed by atoms with Gasteiger partial charge in [0, 0.05) is 12.1 Å². The molecule has 0 bridgehead atoms. The topological polar surface area (TPSA) is 129 Å². The van der Waals surface area contributed by atoms with Crippen LogP contribution in [0.1, 0.15) is 27.5 Å². The number of carbonyl (C=O) groups excluding carboxylic acids is 3. The van der Waals surface area contributed by atoms with Crippen molar-refractivity contribution in [3.63, 3.8) is 0 Å². The van der Waals surface area contributed by atoms with Crippen molar-refractivity contribution in [2.24, 2.45) is 5.92 Å². The zero-order chi connectivity index (χ0) is 30.2. The Balaban J connectivity index is 1.42. The summed E-state index contributed by atoms with van der Waals surface area (Å²) in [5.74, 6) is -2.23. The summed E-state index contributed by atoms with van der Waals surface area (Å²) in [6.07, 6.45) is -1.18. The molecule has 0 N–H and O–H groups in total. The Labute approximate surface area is 245 Å². The number of para-hydroxylation sites is 1. The quantitative estimate of drug-likeness (QED) is 0.0956. The van der Waals surface area contributed by atoms with Crippen LogP contribution in [0.25, 0.3) is 0 Å². The van der Waals surface area contributed by atoms with Gasteiger partial charge >= 0.3 is 5.97 Å². The van der Waals surface area contributed by atoms with Gasteiger partial charge in [0.05, 0.1) is 35.0 Å². The molecule has 4 aromatic rings. The lowest BCUT2D eigenvalue weighted by atomic mass is 9.90. The van der Waals surface area contributed by atoms with E-state index >= 15 is 0 Å². The Bertz CT molecular complexity index is 1760. The first kappa shape index (κ1) is 27.6. The third-order valence-electron chi connectivity index (χ3n) is 7.51. The molecule has 43 heavy (non-hydrogen) atoms. The van der Waals surface area contributed by atoms with Crippen LogP contribution in [0.15, 0.2) is 97.1 Å². The lowest BCUT2D eigenvalue weighted by molar-refractivity contribution is -0.384. The van der Waals surface area contributed by atoms with E-state index in [4.69, 9.17) is 14.3 Å². The van der Waals surface area contributed by atoms with Crippen molar-refractivity contribution in [1.29, 1.82) is 0 Å². The summed E-state index contributed by atoms with van der Waals surface area (Å²) < 4.78 is 11.1. The smallest absolute Gasteiger partial charge is 0.343 e. The van der Waals surface area contributed by atoms with Gasteiger partial charge < -0.3 is 9.47 Å². The third kappa shape index (κ3) is 4.85. The number of amides is 2. The number of carbonyl (C=O) groups is 3. The number of anilines is 2. The number of non-ortho nitro benzene ring substituents is 1. The number of methoxy groups -OCH3 is 1. The van der Waals surface area contributed by atoms with Gasteiger partial charge in [0.1, 0.15) is 5.92 Å². The van der Waals surface area contributed by atoms with Crippen molar-refractivity contribution < 1.29 is 33.6 Å². The highest BCUT2D eigenvalue weighted by Gasteiger charge is 2.60. The van der Waals surface area contributed by atoms with Gasteiger partial charge in [0.25, 0.3) is 11.6 Å². The van der Waals surface area contributed by atoms with Gasteiger partial charge in [0.15, 0.2) is 17.6 Å². The average Bonchev–Trinajstić information content (AvgIpc) is 3.53. The van der Waals surface area contributed by atoms with E-state index in [1.807, 2.05) is 6.07 Å². The van der Waals surface area contributed by atoms with Crippen LogP contribution < -0.4 is 19.4 Å². The number of nitro benzene ring substituents is 1. The number of rotatable bonds is 7. The molecule has 216 valence electrons. The molecule has 2 aliphatic heterocycles. The highest BCUT2D eigenvalue weighted by atomic mass is 16.7. The fraction of sp³-hybridized carbons (Fsp3) is 0.156. The van der Waals surface area contributed by atoms with E-state index in [1.165, 1.54) is 36.4 Å².